The lowest BCUT2D eigenvalue weighted by molar-refractivity contribution is -0.155. The Morgan fingerprint density at radius 2 is 2.00 bits per heavy atom. The van der Waals surface area contributed by atoms with Crippen LogP contribution in [0.3, 0.4) is 0 Å². The van der Waals surface area contributed by atoms with Gasteiger partial charge in [0.1, 0.15) is 0 Å². The molecule has 0 N–H and O–H groups in total. The van der Waals surface area contributed by atoms with Gasteiger partial charge in [-0.2, -0.15) is 0 Å². The van der Waals surface area contributed by atoms with E-state index in [1.807, 2.05) is 36.1 Å². The van der Waals surface area contributed by atoms with Gasteiger partial charge < -0.3 is 14.6 Å². The summed E-state index contributed by atoms with van der Waals surface area (Å²) in [5, 5.41) is 4.77. The summed E-state index contributed by atoms with van der Waals surface area (Å²) in [5.41, 5.74) is 0.642. The number of likely N-dealkylation sites (N-methyl/N-ethyl adjacent to an activating group) is 1. The first kappa shape index (κ1) is 16.3. The molecule has 0 bridgehead atoms. The number of halogens is 1. The zero-order chi connectivity index (χ0) is 16.4. The van der Waals surface area contributed by atoms with E-state index in [2.05, 4.69) is 17.0 Å². The molecule has 1 fully saturated rings. The molecule has 0 unspecified atom stereocenters. The molecule has 5 nitrogen and oxygen atoms in total. The quantitative estimate of drug-likeness (QED) is 0.852. The van der Waals surface area contributed by atoms with Gasteiger partial charge in [-0.05, 0) is 19.5 Å². The second-order valence-corrected chi connectivity index (χ2v) is 6.65. The van der Waals surface area contributed by atoms with E-state index in [1.165, 1.54) is 0 Å². The van der Waals surface area contributed by atoms with E-state index < -0.39 is 5.60 Å². The minimum absolute atomic E-state index is 0.0130. The van der Waals surface area contributed by atoms with E-state index >= 15 is 0 Å². The van der Waals surface area contributed by atoms with Crippen molar-refractivity contribution in [2.75, 3.05) is 32.7 Å². The predicted octanol–water partition coefficient (Wildman–Crippen LogP) is 2.39. The van der Waals surface area contributed by atoms with Crippen LogP contribution in [0, 0.1) is 0 Å². The van der Waals surface area contributed by atoms with Crippen molar-refractivity contribution in [2.24, 2.45) is 5.16 Å². The smallest absolute Gasteiger partial charge is 0.269 e. The minimum atomic E-state index is -0.928. The molecule has 124 valence electrons. The number of nitrogens with zero attached hydrogens (tertiary/aromatic N) is 3. The number of piperazine rings is 1. The third-order valence-corrected chi connectivity index (χ3v) is 4.94. The second kappa shape index (κ2) is 6.49. The normalized spacial score (nSPS) is 25.2. The molecule has 1 aromatic rings. The highest BCUT2D eigenvalue weighted by Gasteiger charge is 2.45. The molecular formula is C17H22ClN3O2. The van der Waals surface area contributed by atoms with Crippen LogP contribution in [0.5, 0.6) is 0 Å². The molecule has 1 aromatic carbocycles. The number of amides is 1. The summed E-state index contributed by atoms with van der Waals surface area (Å²) in [6, 6.07) is 7.51. The molecule has 2 aliphatic rings. The van der Waals surface area contributed by atoms with Crippen molar-refractivity contribution in [3.05, 3.63) is 34.9 Å². The summed E-state index contributed by atoms with van der Waals surface area (Å²) in [5.74, 6) is 0.0130. The minimum Gasteiger partial charge on any atom is -0.379 e. The lowest BCUT2D eigenvalue weighted by Crippen LogP contribution is -2.54. The number of carbonyl (C=O) groups excluding carboxylic acids is 1. The van der Waals surface area contributed by atoms with Crippen LogP contribution >= 0.6 is 11.6 Å². The highest BCUT2D eigenvalue weighted by molar-refractivity contribution is 6.34. The summed E-state index contributed by atoms with van der Waals surface area (Å²) >= 11 is 6.22. The Labute approximate surface area is 141 Å². The van der Waals surface area contributed by atoms with Crippen LogP contribution in [0.2, 0.25) is 5.02 Å². The van der Waals surface area contributed by atoms with Gasteiger partial charge in [0.05, 0.1) is 5.71 Å². The van der Waals surface area contributed by atoms with Gasteiger partial charge in [-0.25, -0.2) is 0 Å². The van der Waals surface area contributed by atoms with E-state index in [-0.39, 0.29) is 5.91 Å². The Morgan fingerprint density at radius 1 is 1.30 bits per heavy atom. The molecule has 6 heteroatoms. The molecule has 2 aliphatic heterocycles. The lowest BCUT2D eigenvalue weighted by atomic mass is 9.94. The molecule has 0 aliphatic carbocycles. The van der Waals surface area contributed by atoms with Gasteiger partial charge in [0, 0.05) is 43.2 Å². The average Bonchev–Trinajstić information content (AvgIpc) is 2.98. The van der Waals surface area contributed by atoms with Crippen molar-refractivity contribution >= 4 is 23.2 Å². The van der Waals surface area contributed by atoms with Crippen LogP contribution in [0.25, 0.3) is 0 Å². The standard InChI is InChI=1S/C17H22ClN3O2/c1-3-20-8-10-21(11-9-20)16(22)17(2)12-15(19-23-17)13-6-4-5-7-14(13)18/h4-7H,3,8-12H2,1-2H3/t17-/m0/s1. The molecule has 1 amide bonds. The van der Waals surface area contributed by atoms with Crippen LogP contribution in [-0.4, -0.2) is 59.7 Å². The summed E-state index contributed by atoms with van der Waals surface area (Å²) in [6.45, 7) is 8.29. The Hall–Kier alpha value is -1.59. The van der Waals surface area contributed by atoms with Crippen LogP contribution in [-0.2, 0) is 9.63 Å². The highest BCUT2D eigenvalue weighted by atomic mass is 35.5. The Balaban J connectivity index is 1.68. The number of rotatable bonds is 3. The second-order valence-electron chi connectivity index (χ2n) is 6.24. The van der Waals surface area contributed by atoms with Crippen LogP contribution in [0.15, 0.2) is 29.4 Å². The summed E-state index contributed by atoms with van der Waals surface area (Å²) < 4.78 is 0. The van der Waals surface area contributed by atoms with Crippen LogP contribution in [0.1, 0.15) is 25.8 Å². The topological polar surface area (TPSA) is 45.1 Å². The van der Waals surface area contributed by atoms with Crippen molar-refractivity contribution in [1.29, 1.82) is 0 Å². The number of benzene rings is 1. The van der Waals surface area contributed by atoms with Gasteiger partial charge in [-0.15, -0.1) is 0 Å². The molecule has 3 rings (SSSR count). The summed E-state index contributed by atoms with van der Waals surface area (Å²) in [6.07, 6.45) is 0.448. The third-order valence-electron chi connectivity index (χ3n) is 4.61. The molecule has 0 radical (unpaired) electrons. The van der Waals surface area contributed by atoms with E-state index in [0.29, 0.717) is 11.4 Å². The Kier molecular flexibility index (Phi) is 4.60. The zero-order valence-electron chi connectivity index (χ0n) is 13.6. The van der Waals surface area contributed by atoms with E-state index in [1.54, 1.807) is 0 Å². The monoisotopic (exact) mass is 335 g/mol. The van der Waals surface area contributed by atoms with Crippen LogP contribution < -0.4 is 0 Å². The largest absolute Gasteiger partial charge is 0.379 e. The first-order valence-electron chi connectivity index (χ1n) is 8.05. The molecular weight excluding hydrogens is 314 g/mol. The Morgan fingerprint density at radius 3 is 2.65 bits per heavy atom. The Bertz CT molecular complexity index is 626. The maximum atomic E-state index is 12.9. The lowest BCUT2D eigenvalue weighted by Gasteiger charge is -2.37. The van der Waals surface area contributed by atoms with E-state index in [4.69, 9.17) is 16.4 Å². The maximum Gasteiger partial charge on any atom is 0.269 e. The van der Waals surface area contributed by atoms with E-state index in [0.717, 1.165) is 44.0 Å². The fraction of sp³-hybridized carbons (Fsp3) is 0.529. The van der Waals surface area contributed by atoms with Gasteiger partial charge in [0.25, 0.3) is 5.91 Å². The van der Waals surface area contributed by atoms with Gasteiger partial charge in [-0.3, -0.25) is 4.79 Å². The van der Waals surface area contributed by atoms with Gasteiger partial charge in [-0.1, -0.05) is 41.9 Å². The molecule has 1 atom stereocenters. The first-order chi connectivity index (χ1) is 11.0. The van der Waals surface area contributed by atoms with Crippen molar-refractivity contribution < 1.29 is 9.63 Å². The van der Waals surface area contributed by atoms with Gasteiger partial charge >= 0.3 is 0 Å². The first-order valence-corrected chi connectivity index (χ1v) is 8.43. The third kappa shape index (κ3) is 3.21. The molecule has 0 saturated carbocycles. The average molecular weight is 336 g/mol. The number of carbonyl (C=O) groups is 1. The summed E-state index contributed by atoms with van der Waals surface area (Å²) in [4.78, 5) is 22.6. The van der Waals surface area contributed by atoms with E-state index in [9.17, 15) is 4.79 Å². The number of hydrogen-bond donors (Lipinski definition) is 0. The van der Waals surface area contributed by atoms with Crippen molar-refractivity contribution in [2.45, 2.75) is 25.9 Å². The van der Waals surface area contributed by atoms with Crippen molar-refractivity contribution in [1.82, 2.24) is 9.80 Å². The number of hydrogen-bond acceptors (Lipinski definition) is 4. The predicted molar refractivity (Wildman–Crippen MR) is 90.8 cm³/mol. The number of oxime groups is 1. The van der Waals surface area contributed by atoms with Gasteiger partial charge in [0.15, 0.2) is 0 Å². The van der Waals surface area contributed by atoms with Crippen molar-refractivity contribution in [3.8, 4) is 0 Å². The molecule has 23 heavy (non-hydrogen) atoms. The zero-order valence-corrected chi connectivity index (χ0v) is 14.3. The highest BCUT2D eigenvalue weighted by Crippen LogP contribution is 2.31. The van der Waals surface area contributed by atoms with Gasteiger partial charge in [0.2, 0.25) is 5.60 Å². The summed E-state index contributed by atoms with van der Waals surface area (Å²) in [7, 11) is 0. The fourth-order valence-corrected chi connectivity index (χ4v) is 3.34. The molecule has 1 saturated heterocycles. The maximum absolute atomic E-state index is 12.9. The molecule has 0 spiro atoms. The molecule has 2 heterocycles. The van der Waals surface area contributed by atoms with Crippen LogP contribution in [0.4, 0.5) is 0 Å². The van der Waals surface area contributed by atoms with Crippen molar-refractivity contribution in [3.63, 3.8) is 0 Å². The molecule has 0 aromatic heterocycles. The SMILES string of the molecule is CCN1CCN(C(=O)[C@]2(C)CC(c3ccccc3Cl)=NO2)CC1. The fourth-order valence-electron chi connectivity index (χ4n) is 3.10.